The third-order valence-electron chi connectivity index (χ3n) is 4.64. The Labute approximate surface area is 188 Å². The Bertz CT molecular complexity index is 1190. The molecule has 1 aromatic carbocycles. The largest absolute Gasteiger partial charge is 0.363 e. The van der Waals surface area contributed by atoms with Gasteiger partial charge in [0.25, 0.3) is 5.91 Å². The van der Waals surface area contributed by atoms with E-state index in [1.165, 1.54) is 12.5 Å². The Morgan fingerprint density at radius 3 is 2.69 bits per heavy atom. The highest BCUT2D eigenvalue weighted by Gasteiger charge is 2.17. The molecule has 0 aliphatic carbocycles. The molecular weight excluding hydrogens is 400 g/mol. The van der Waals surface area contributed by atoms with Gasteiger partial charge in [-0.2, -0.15) is 0 Å². The van der Waals surface area contributed by atoms with Crippen LogP contribution in [0.25, 0.3) is 22.2 Å². The number of hydrogen-bond donors (Lipinski definition) is 2. The third-order valence-corrected chi connectivity index (χ3v) is 4.64. The monoisotopic (exact) mass is 428 g/mol. The smallest absolute Gasteiger partial charge is 0.271 e. The number of nitrogens with zero attached hydrogens (tertiary/aromatic N) is 4. The molecule has 7 heteroatoms. The standard InChI is InChI=1S/C25H28N6O/c1-7-8-9-16(2)17(3)29-23-19-12-18(10-11-20(19)27-15-28-23)21-13-26-14-22(30-21)24(32)31-25(4,5)6/h7-15,17H,1-2H2,3-6H3,(H,31,32)(H,27,28,29)/b9-8-. The summed E-state index contributed by atoms with van der Waals surface area (Å²) in [4.78, 5) is 30.0. The highest BCUT2D eigenvalue weighted by atomic mass is 16.2. The van der Waals surface area contributed by atoms with Gasteiger partial charge in [0.05, 0.1) is 23.6 Å². The molecule has 0 fully saturated rings. The van der Waals surface area contributed by atoms with Crippen molar-refractivity contribution in [1.82, 2.24) is 25.3 Å². The van der Waals surface area contributed by atoms with E-state index in [-0.39, 0.29) is 23.2 Å². The van der Waals surface area contributed by atoms with Crippen molar-refractivity contribution in [3.8, 4) is 11.3 Å². The summed E-state index contributed by atoms with van der Waals surface area (Å²) in [6.45, 7) is 15.5. The first-order valence-corrected chi connectivity index (χ1v) is 10.3. The van der Waals surface area contributed by atoms with Crippen LogP contribution in [-0.2, 0) is 0 Å². The van der Waals surface area contributed by atoms with Gasteiger partial charge in [0.15, 0.2) is 0 Å². The normalized spacial score (nSPS) is 12.5. The topological polar surface area (TPSA) is 92.7 Å². The van der Waals surface area contributed by atoms with Gasteiger partial charge in [0, 0.05) is 22.5 Å². The fraction of sp³-hybridized carbons (Fsp3) is 0.240. The van der Waals surface area contributed by atoms with Gasteiger partial charge in [-0.15, -0.1) is 0 Å². The zero-order chi connectivity index (χ0) is 23.3. The number of allylic oxidation sites excluding steroid dienone is 2. The predicted octanol–water partition coefficient (Wildman–Crippen LogP) is 4.71. The van der Waals surface area contributed by atoms with E-state index in [0.717, 1.165) is 22.0 Å². The Hall–Kier alpha value is -3.87. The van der Waals surface area contributed by atoms with Gasteiger partial charge in [0.2, 0.25) is 0 Å². The molecule has 2 aromatic heterocycles. The van der Waals surface area contributed by atoms with Gasteiger partial charge in [-0.3, -0.25) is 9.78 Å². The van der Waals surface area contributed by atoms with E-state index in [2.05, 4.69) is 43.7 Å². The Kier molecular flexibility index (Phi) is 6.78. The SMILES string of the molecule is C=C/C=C\C(=C)C(C)Nc1ncnc2ccc(-c3cncc(C(=O)NC(C)(C)C)n3)cc12. The van der Waals surface area contributed by atoms with Crippen LogP contribution in [-0.4, -0.2) is 37.4 Å². The van der Waals surface area contributed by atoms with E-state index < -0.39 is 0 Å². The second kappa shape index (κ2) is 9.51. The van der Waals surface area contributed by atoms with Crippen molar-refractivity contribution in [3.63, 3.8) is 0 Å². The minimum atomic E-state index is -0.364. The van der Waals surface area contributed by atoms with Gasteiger partial charge < -0.3 is 10.6 Å². The van der Waals surface area contributed by atoms with Crippen LogP contribution in [0.2, 0.25) is 0 Å². The number of fused-ring (bicyclic) bond motifs is 1. The second-order valence-corrected chi connectivity index (χ2v) is 8.48. The summed E-state index contributed by atoms with van der Waals surface area (Å²) in [7, 11) is 0. The van der Waals surface area contributed by atoms with Gasteiger partial charge in [-0.1, -0.05) is 37.5 Å². The van der Waals surface area contributed by atoms with Crippen molar-refractivity contribution in [2.75, 3.05) is 5.32 Å². The van der Waals surface area contributed by atoms with Crippen LogP contribution in [0.4, 0.5) is 5.82 Å². The molecule has 2 N–H and O–H groups in total. The average Bonchev–Trinajstić information content (AvgIpc) is 2.76. The summed E-state index contributed by atoms with van der Waals surface area (Å²) < 4.78 is 0. The Morgan fingerprint density at radius 1 is 1.19 bits per heavy atom. The summed E-state index contributed by atoms with van der Waals surface area (Å²) in [5.74, 6) is 0.422. The average molecular weight is 429 g/mol. The molecule has 0 spiro atoms. The minimum absolute atomic E-state index is 0.0443. The van der Waals surface area contributed by atoms with Gasteiger partial charge in [-0.05, 0) is 45.4 Å². The van der Waals surface area contributed by atoms with E-state index in [1.807, 2.05) is 58.0 Å². The first-order chi connectivity index (χ1) is 15.2. The molecule has 32 heavy (non-hydrogen) atoms. The quantitative estimate of drug-likeness (QED) is 0.529. The van der Waals surface area contributed by atoms with Crippen molar-refractivity contribution in [1.29, 1.82) is 0 Å². The number of anilines is 1. The molecule has 0 saturated carbocycles. The highest BCUT2D eigenvalue weighted by Crippen LogP contribution is 2.26. The summed E-state index contributed by atoms with van der Waals surface area (Å²) in [5.41, 5.74) is 2.99. The maximum absolute atomic E-state index is 12.5. The molecule has 3 rings (SSSR count). The maximum atomic E-state index is 12.5. The van der Waals surface area contributed by atoms with Crippen LogP contribution < -0.4 is 10.6 Å². The summed E-state index contributed by atoms with van der Waals surface area (Å²) in [6.07, 6.45) is 10.1. The van der Waals surface area contributed by atoms with E-state index >= 15 is 0 Å². The molecule has 7 nitrogen and oxygen atoms in total. The molecule has 0 aliphatic rings. The molecule has 2 heterocycles. The fourth-order valence-corrected chi connectivity index (χ4v) is 2.98. The van der Waals surface area contributed by atoms with Crippen LogP contribution >= 0.6 is 0 Å². The number of benzene rings is 1. The van der Waals surface area contributed by atoms with Crippen LogP contribution in [0.5, 0.6) is 0 Å². The lowest BCUT2D eigenvalue weighted by Crippen LogP contribution is -2.41. The molecule has 0 aliphatic heterocycles. The number of carbonyl (C=O) groups is 1. The summed E-state index contributed by atoms with van der Waals surface area (Å²) >= 11 is 0. The van der Waals surface area contributed by atoms with Gasteiger partial charge in [-0.25, -0.2) is 15.0 Å². The van der Waals surface area contributed by atoms with E-state index in [1.54, 1.807) is 12.3 Å². The zero-order valence-electron chi connectivity index (χ0n) is 18.9. The van der Waals surface area contributed by atoms with Crippen molar-refractivity contribution in [2.45, 2.75) is 39.3 Å². The number of aromatic nitrogens is 4. The Balaban J connectivity index is 1.95. The highest BCUT2D eigenvalue weighted by molar-refractivity contribution is 5.94. The molecule has 1 atom stereocenters. The second-order valence-electron chi connectivity index (χ2n) is 8.48. The number of nitrogens with one attached hydrogen (secondary N) is 2. The lowest BCUT2D eigenvalue weighted by molar-refractivity contribution is 0.0914. The molecular formula is C25H28N6O. The molecule has 0 bridgehead atoms. The van der Waals surface area contributed by atoms with Crippen molar-refractivity contribution >= 4 is 22.6 Å². The number of rotatable bonds is 7. The summed E-state index contributed by atoms with van der Waals surface area (Å²) in [5, 5.41) is 7.14. The third kappa shape index (κ3) is 5.63. The van der Waals surface area contributed by atoms with Gasteiger partial charge >= 0.3 is 0 Å². The van der Waals surface area contributed by atoms with Gasteiger partial charge in [0.1, 0.15) is 17.8 Å². The number of hydrogen-bond acceptors (Lipinski definition) is 6. The van der Waals surface area contributed by atoms with Crippen molar-refractivity contribution in [3.05, 3.63) is 79.6 Å². The van der Waals surface area contributed by atoms with E-state index in [0.29, 0.717) is 11.5 Å². The lowest BCUT2D eigenvalue weighted by Gasteiger charge is -2.20. The summed E-state index contributed by atoms with van der Waals surface area (Å²) in [6, 6.07) is 5.71. The van der Waals surface area contributed by atoms with Crippen LogP contribution in [0.1, 0.15) is 38.2 Å². The first kappa shape index (κ1) is 22.8. The number of carbonyl (C=O) groups excluding carboxylic acids is 1. The Morgan fingerprint density at radius 2 is 1.97 bits per heavy atom. The predicted molar refractivity (Wildman–Crippen MR) is 129 cm³/mol. The van der Waals surface area contributed by atoms with Crippen LogP contribution in [0.15, 0.2) is 73.9 Å². The van der Waals surface area contributed by atoms with Crippen molar-refractivity contribution in [2.24, 2.45) is 0 Å². The molecule has 0 radical (unpaired) electrons. The van der Waals surface area contributed by atoms with E-state index in [9.17, 15) is 4.79 Å². The van der Waals surface area contributed by atoms with Crippen molar-refractivity contribution < 1.29 is 4.79 Å². The zero-order valence-corrected chi connectivity index (χ0v) is 18.9. The molecule has 164 valence electrons. The first-order valence-electron chi connectivity index (χ1n) is 10.3. The molecule has 3 aromatic rings. The van der Waals surface area contributed by atoms with Crippen LogP contribution in [0.3, 0.4) is 0 Å². The maximum Gasteiger partial charge on any atom is 0.271 e. The lowest BCUT2D eigenvalue weighted by atomic mass is 10.1. The van der Waals surface area contributed by atoms with E-state index in [4.69, 9.17) is 0 Å². The molecule has 1 unspecified atom stereocenters. The minimum Gasteiger partial charge on any atom is -0.363 e. The molecule has 1 amide bonds. The number of amides is 1. The fourth-order valence-electron chi connectivity index (χ4n) is 2.98. The van der Waals surface area contributed by atoms with Crippen LogP contribution in [0, 0.1) is 0 Å². The molecule has 0 saturated heterocycles.